The van der Waals surface area contributed by atoms with Crippen LogP contribution in [0, 0.1) is 11.8 Å². The number of ketones is 1. The minimum absolute atomic E-state index is 0.156. The van der Waals surface area contributed by atoms with E-state index in [4.69, 9.17) is 14.2 Å². The van der Waals surface area contributed by atoms with Gasteiger partial charge in [0.25, 0.3) is 0 Å². The smallest absolute Gasteiger partial charge is 0.323 e. The van der Waals surface area contributed by atoms with Gasteiger partial charge in [0.2, 0.25) is 6.29 Å². The standard InChI is InChI=1S/C16H20N2O5/c1-3-22-15(20)13-10-8-23-16(21-2)14(19)11(10)12(18-13)9-5-4-6-17-7-9/h4-7,10-13,16,18H,3,8H2,1-2H3/t10?,11?,12-,13-,16-/m1/s1. The normalized spacial score (nSPS) is 33.3. The van der Waals surface area contributed by atoms with Crippen molar-refractivity contribution < 1.29 is 23.8 Å². The fraction of sp³-hybridized carbons (Fsp3) is 0.562. The number of aromatic nitrogens is 1. The number of methoxy groups -OCH3 is 1. The zero-order valence-corrected chi connectivity index (χ0v) is 13.1. The van der Waals surface area contributed by atoms with Crippen molar-refractivity contribution in [3.05, 3.63) is 30.1 Å². The minimum atomic E-state index is -0.891. The van der Waals surface area contributed by atoms with Gasteiger partial charge in [-0.15, -0.1) is 0 Å². The number of hydrogen-bond acceptors (Lipinski definition) is 7. The Morgan fingerprint density at radius 2 is 2.35 bits per heavy atom. The number of nitrogens with zero attached hydrogens (tertiary/aromatic N) is 1. The molecule has 0 spiro atoms. The van der Waals surface area contributed by atoms with E-state index in [1.54, 1.807) is 25.4 Å². The highest BCUT2D eigenvalue weighted by Gasteiger charge is 2.54. The minimum Gasteiger partial charge on any atom is -0.465 e. The quantitative estimate of drug-likeness (QED) is 0.807. The van der Waals surface area contributed by atoms with Crippen molar-refractivity contribution >= 4 is 11.8 Å². The Hall–Kier alpha value is -1.83. The molecule has 7 nitrogen and oxygen atoms in total. The van der Waals surface area contributed by atoms with Gasteiger partial charge in [-0.2, -0.15) is 0 Å². The highest BCUT2D eigenvalue weighted by atomic mass is 16.7. The van der Waals surface area contributed by atoms with E-state index in [0.717, 1.165) is 5.56 Å². The van der Waals surface area contributed by atoms with Crippen molar-refractivity contribution in [3.8, 4) is 0 Å². The summed E-state index contributed by atoms with van der Waals surface area (Å²) < 4.78 is 15.7. The van der Waals surface area contributed by atoms with Crippen LogP contribution in [0.2, 0.25) is 0 Å². The highest BCUT2D eigenvalue weighted by Crippen LogP contribution is 2.41. The summed E-state index contributed by atoms with van der Waals surface area (Å²) in [7, 11) is 1.44. The number of pyridine rings is 1. The van der Waals surface area contributed by atoms with Gasteiger partial charge in [0.1, 0.15) is 6.04 Å². The van der Waals surface area contributed by atoms with E-state index in [2.05, 4.69) is 10.3 Å². The molecule has 0 aromatic carbocycles. The van der Waals surface area contributed by atoms with Crippen LogP contribution >= 0.6 is 0 Å². The second kappa shape index (κ2) is 6.74. The predicted molar refractivity (Wildman–Crippen MR) is 79.3 cm³/mol. The van der Waals surface area contributed by atoms with E-state index in [1.165, 1.54) is 7.11 Å². The Morgan fingerprint density at radius 1 is 1.52 bits per heavy atom. The third-order valence-electron chi connectivity index (χ3n) is 4.41. The predicted octanol–water partition coefficient (Wildman–Crippen LogP) is 0.462. The number of carbonyl (C=O) groups excluding carboxylic acids is 2. The first-order valence-electron chi connectivity index (χ1n) is 7.68. The Labute approximate surface area is 134 Å². The van der Waals surface area contributed by atoms with Crippen LogP contribution in [0.5, 0.6) is 0 Å². The summed E-state index contributed by atoms with van der Waals surface area (Å²) in [5, 5.41) is 3.24. The zero-order chi connectivity index (χ0) is 16.4. The molecule has 3 heterocycles. The van der Waals surface area contributed by atoms with Gasteiger partial charge in [0, 0.05) is 37.4 Å². The molecule has 2 unspecified atom stereocenters. The van der Waals surface area contributed by atoms with Crippen LogP contribution in [0.3, 0.4) is 0 Å². The van der Waals surface area contributed by atoms with Crippen molar-refractivity contribution in [1.82, 2.24) is 10.3 Å². The van der Waals surface area contributed by atoms with Crippen LogP contribution in [-0.2, 0) is 23.8 Å². The SMILES string of the molecule is CCOC(=O)[C@@H]1N[C@H](c2cccnc2)C2C(=O)[C@H](OC)OCC21. The van der Waals surface area contributed by atoms with Gasteiger partial charge in [0.05, 0.1) is 13.2 Å². The molecule has 2 aliphatic heterocycles. The van der Waals surface area contributed by atoms with Crippen LogP contribution in [0.25, 0.3) is 0 Å². The lowest BCUT2D eigenvalue weighted by atomic mass is 9.80. The summed E-state index contributed by atoms with van der Waals surface area (Å²) in [4.78, 5) is 29.0. The fourth-order valence-corrected chi connectivity index (χ4v) is 3.41. The van der Waals surface area contributed by atoms with E-state index in [0.29, 0.717) is 6.61 Å². The average Bonchev–Trinajstić information content (AvgIpc) is 2.97. The molecule has 1 N–H and O–H groups in total. The maximum atomic E-state index is 12.7. The van der Waals surface area contributed by atoms with Gasteiger partial charge in [-0.1, -0.05) is 6.07 Å². The van der Waals surface area contributed by atoms with Gasteiger partial charge in [-0.05, 0) is 18.6 Å². The largest absolute Gasteiger partial charge is 0.465 e. The van der Waals surface area contributed by atoms with Crippen molar-refractivity contribution in [2.75, 3.05) is 20.3 Å². The van der Waals surface area contributed by atoms with Crippen molar-refractivity contribution in [1.29, 1.82) is 0 Å². The molecule has 2 aliphatic rings. The first-order chi connectivity index (χ1) is 11.2. The molecule has 7 heteroatoms. The molecule has 0 saturated carbocycles. The van der Waals surface area contributed by atoms with E-state index >= 15 is 0 Å². The number of nitrogens with one attached hydrogen (secondary N) is 1. The average molecular weight is 320 g/mol. The molecule has 2 fully saturated rings. The van der Waals surface area contributed by atoms with Gasteiger partial charge in [0.15, 0.2) is 5.78 Å². The molecule has 0 radical (unpaired) electrons. The van der Waals surface area contributed by atoms with Crippen molar-refractivity contribution in [3.63, 3.8) is 0 Å². The molecule has 0 aliphatic carbocycles. The number of esters is 1. The number of hydrogen-bond donors (Lipinski definition) is 1. The number of Topliss-reactive ketones (excluding diaryl/α,β-unsaturated/α-hetero) is 1. The van der Waals surface area contributed by atoms with Gasteiger partial charge < -0.3 is 14.2 Å². The number of carbonyl (C=O) groups is 2. The van der Waals surface area contributed by atoms with Crippen LogP contribution in [-0.4, -0.2) is 49.4 Å². The van der Waals surface area contributed by atoms with Crippen LogP contribution in [0.4, 0.5) is 0 Å². The van der Waals surface area contributed by atoms with E-state index in [1.807, 2.05) is 6.07 Å². The highest BCUT2D eigenvalue weighted by molar-refractivity contribution is 5.88. The van der Waals surface area contributed by atoms with E-state index in [-0.39, 0.29) is 30.3 Å². The molecule has 23 heavy (non-hydrogen) atoms. The first-order valence-corrected chi connectivity index (χ1v) is 7.68. The zero-order valence-electron chi connectivity index (χ0n) is 13.1. The summed E-state index contributed by atoms with van der Waals surface area (Å²) in [5.74, 6) is -1.21. The van der Waals surface area contributed by atoms with Crippen molar-refractivity contribution in [2.24, 2.45) is 11.8 Å². The Morgan fingerprint density at radius 3 is 3.00 bits per heavy atom. The topological polar surface area (TPSA) is 86.8 Å². The van der Waals surface area contributed by atoms with Gasteiger partial charge in [-0.3, -0.25) is 19.9 Å². The molecule has 0 amide bonds. The molecule has 2 saturated heterocycles. The molecular formula is C16H20N2O5. The molecule has 124 valence electrons. The number of ether oxygens (including phenoxy) is 3. The molecule has 0 bridgehead atoms. The Kier molecular flexibility index (Phi) is 4.70. The monoisotopic (exact) mass is 320 g/mol. The summed E-state index contributed by atoms with van der Waals surface area (Å²) in [5.41, 5.74) is 0.861. The van der Waals surface area contributed by atoms with Crippen LogP contribution in [0.15, 0.2) is 24.5 Å². The summed E-state index contributed by atoms with van der Waals surface area (Å²) in [6.07, 6.45) is 2.48. The fourth-order valence-electron chi connectivity index (χ4n) is 3.41. The maximum Gasteiger partial charge on any atom is 0.323 e. The molecular weight excluding hydrogens is 300 g/mol. The van der Waals surface area contributed by atoms with Crippen molar-refractivity contribution in [2.45, 2.75) is 25.3 Å². The maximum absolute atomic E-state index is 12.7. The molecule has 1 aromatic rings. The third kappa shape index (κ3) is 2.87. The van der Waals surface area contributed by atoms with Crippen LogP contribution < -0.4 is 5.32 Å². The summed E-state index contributed by atoms with van der Waals surface area (Å²) in [6.45, 7) is 2.32. The summed E-state index contributed by atoms with van der Waals surface area (Å²) >= 11 is 0. The first kappa shape index (κ1) is 16.0. The second-order valence-electron chi connectivity index (χ2n) is 5.65. The Balaban J connectivity index is 1.92. The molecule has 3 rings (SSSR count). The lowest BCUT2D eigenvalue weighted by Gasteiger charge is -2.32. The molecule has 5 atom stereocenters. The van der Waals surface area contributed by atoms with E-state index < -0.39 is 18.2 Å². The summed E-state index contributed by atoms with van der Waals surface area (Å²) in [6, 6.07) is 2.81. The van der Waals surface area contributed by atoms with E-state index in [9.17, 15) is 9.59 Å². The Bertz CT molecular complexity index is 579. The van der Waals surface area contributed by atoms with Gasteiger partial charge >= 0.3 is 5.97 Å². The third-order valence-corrected chi connectivity index (χ3v) is 4.41. The van der Waals surface area contributed by atoms with Crippen LogP contribution in [0.1, 0.15) is 18.5 Å². The second-order valence-corrected chi connectivity index (χ2v) is 5.65. The number of fused-ring (bicyclic) bond motifs is 1. The van der Waals surface area contributed by atoms with Gasteiger partial charge in [-0.25, -0.2) is 0 Å². The molecule has 1 aromatic heterocycles. The number of rotatable bonds is 4. The lowest BCUT2D eigenvalue weighted by Crippen LogP contribution is -2.47. The lowest BCUT2D eigenvalue weighted by molar-refractivity contribution is -0.187.